The zero-order chi connectivity index (χ0) is 19.2. The summed E-state index contributed by atoms with van der Waals surface area (Å²) in [7, 11) is 0. The Bertz CT molecular complexity index is 927. The highest BCUT2D eigenvalue weighted by molar-refractivity contribution is 8.00. The summed E-state index contributed by atoms with van der Waals surface area (Å²) in [5.74, 6) is -0.705. The Morgan fingerprint density at radius 1 is 1.15 bits per heavy atom. The van der Waals surface area contributed by atoms with Crippen LogP contribution < -0.4 is 11.1 Å². The number of tetrazole rings is 1. The van der Waals surface area contributed by atoms with Gasteiger partial charge in [0.1, 0.15) is 0 Å². The van der Waals surface area contributed by atoms with Crippen LogP contribution >= 0.6 is 11.8 Å². The minimum Gasteiger partial charge on any atom is -0.366 e. The molecule has 0 saturated heterocycles. The van der Waals surface area contributed by atoms with Gasteiger partial charge < -0.3 is 11.1 Å². The van der Waals surface area contributed by atoms with Crippen molar-refractivity contribution >= 4 is 29.3 Å². The molecule has 2 amide bonds. The van der Waals surface area contributed by atoms with E-state index in [1.807, 2.05) is 30.3 Å². The van der Waals surface area contributed by atoms with Crippen molar-refractivity contribution in [2.24, 2.45) is 5.73 Å². The summed E-state index contributed by atoms with van der Waals surface area (Å²) in [6.45, 7) is 2.30. The Balaban J connectivity index is 1.61. The fourth-order valence-corrected chi connectivity index (χ4v) is 3.10. The van der Waals surface area contributed by atoms with Gasteiger partial charge in [0, 0.05) is 11.3 Å². The summed E-state index contributed by atoms with van der Waals surface area (Å²) in [6, 6.07) is 16.2. The largest absolute Gasteiger partial charge is 0.366 e. The normalized spacial score (nSPS) is 11.7. The Morgan fingerprint density at radius 3 is 2.52 bits per heavy atom. The number of nitrogens with zero attached hydrogens (tertiary/aromatic N) is 4. The Kier molecular flexibility index (Phi) is 5.82. The SMILES string of the molecule is CC(Sc1nnnn1Cc1ccccc1)C(=O)Nc1ccc(C(N)=O)cc1. The van der Waals surface area contributed by atoms with Crippen LogP contribution in [0.1, 0.15) is 22.8 Å². The van der Waals surface area contributed by atoms with E-state index < -0.39 is 11.2 Å². The molecule has 9 heteroatoms. The molecule has 3 aromatic rings. The van der Waals surface area contributed by atoms with Gasteiger partial charge in [-0.25, -0.2) is 4.68 Å². The molecule has 0 radical (unpaired) electrons. The van der Waals surface area contributed by atoms with E-state index in [0.29, 0.717) is 23.0 Å². The Morgan fingerprint density at radius 2 is 1.85 bits per heavy atom. The number of rotatable bonds is 7. The molecule has 138 valence electrons. The zero-order valence-corrected chi connectivity index (χ0v) is 15.4. The van der Waals surface area contributed by atoms with Crippen LogP contribution in [-0.2, 0) is 11.3 Å². The van der Waals surface area contributed by atoms with Gasteiger partial charge in [0.25, 0.3) is 0 Å². The second-order valence-electron chi connectivity index (χ2n) is 5.80. The number of carbonyl (C=O) groups excluding carboxylic acids is 2. The number of hydrogen-bond donors (Lipinski definition) is 2. The third kappa shape index (κ3) is 4.91. The molecule has 1 unspecified atom stereocenters. The first-order valence-corrected chi connectivity index (χ1v) is 9.08. The van der Waals surface area contributed by atoms with Crippen molar-refractivity contribution in [3.8, 4) is 0 Å². The number of primary amides is 1. The van der Waals surface area contributed by atoms with Crippen molar-refractivity contribution in [1.82, 2.24) is 20.2 Å². The summed E-state index contributed by atoms with van der Waals surface area (Å²) in [6.07, 6.45) is 0. The number of aromatic nitrogens is 4. The minimum absolute atomic E-state index is 0.193. The summed E-state index contributed by atoms with van der Waals surface area (Å²) >= 11 is 1.27. The van der Waals surface area contributed by atoms with Crippen molar-refractivity contribution in [2.75, 3.05) is 5.32 Å². The molecule has 3 N–H and O–H groups in total. The molecular formula is C18H18N6O2S. The van der Waals surface area contributed by atoms with Gasteiger partial charge in [0.05, 0.1) is 11.8 Å². The predicted octanol–water partition coefficient (Wildman–Crippen LogP) is 1.94. The molecule has 1 heterocycles. The third-order valence-electron chi connectivity index (χ3n) is 3.76. The number of nitrogens with one attached hydrogen (secondary N) is 1. The summed E-state index contributed by atoms with van der Waals surface area (Å²) < 4.78 is 1.66. The van der Waals surface area contributed by atoms with E-state index in [4.69, 9.17) is 5.73 Å². The van der Waals surface area contributed by atoms with Crippen LogP contribution in [0.5, 0.6) is 0 Å². The van der Waals surface area contributed by atoms with Crippen LogP contribution in [-0.4, -0.2) is 37.3 Å². The van der Waals surface area contributed by atoms with Crippen LogP contribution in [0.25, 0.3) is 0 Å². The van der Waals surface area contributed by atoms with Crippen molar-refractivity contribution < 1.29 is 9.59 Å². The van der Waals surface area contributed by atoms with Crippen LogP contribution in [0.2, 0.25) is 0 Å². The van der Waals surface area contributed by atoms with E-state index in [2.05, 4.69) is 20.8 Å². The summed E-state index contributed by atoms with van der Waals surface area (Å²) in [5.41, 5.74) is 7.24. The lowest BCUT2D eigenvalue weighted by Gasteiger charge is -2.12. The molecule has 0 spiro atoms. The maximum atomic E-state index is 12.4. The molecule has 1 atom stereocenters. The zero-order valence-electron chi connectivity index (χ0n) is 14.6. The van der Waals surface area contributed by atoms with Crippen LogP contribution in [0.3, 0.4) is 0 Å². The van der Waals surface area contributed by atoms with Gasteiger partial charge in [0.2, 0.25) is 17.0 Å². The van der Waals surface area contributed by atoms with Gasteiger partial charge in [-0.05, 0) is 47.2 Å². The van der Waals surface area contributed by atoms with Gasteiger partial charge in [0.15, 0.2) is 0 Å². The second kappa shape index (κ2) is 8.45. The molecule has 0 bridgehead atoms. The number of carbonyl (C=O) groups is 2. The van der Waals surface area contributed by atoms with Gasteiger partial charge in [-0.1, -0.05) is 42.1 Å². The first kappa shape index (κ1) is 18.6. The molecule has 0 saturated carbocycles. The predicted molar refractivity (Wildman–Crippen MR) is 102 cm³/mol. The monoisotopic (exact) mass is 382 g/mol. The Labute approximate surface area is 160 Å². The quantitative estimate of drug-likeness (QED) is 0.603. The minimum atomic E-state index is -0.512. The van der Waals surface area contributed by atoms with E-state index >= 15 is 0 Å². The summed E-state index contributed by atoms with van der Waals surface area (Å²) in [5, 5.41) is 14.7. The number of amides is 2. The van der Waals surface area contributed by atoms with Gasteiger partial charge in [-0.15, -0.1) is 5.10 Å². The number of benzene rings is 2. The average Bonchev–Trinajstić information content (AvgIpc) is 3.09. The Hall–Kier alpha value is -3.20. The van der Waals surface area contributed by atoms with Crippen LogP contribution in [0.4, 0.5) is 5.69 Å². The summed E-state index contributed by atoms with van der Waals surface area (Å²) in [4.78, 5) is 23.5. The smallest absolute Gasteiger partial charge is 0.248 e. The van der Waals surface area contributed by atoms with E-state index in [9.17, 15) is 9.59 Å². The first-order valence-electron chi connectivity index (χ1n) is 8.20. The maximum absolute atomic E-state index is 12.4. The van der Waals surface area contributed by atoms with E-state index in [1.165, 1.54) is 11.8 Å². The topological polar surface area (TPSA) is 116 Å². The molecular weight excluding hydrogens is 364 g/mol. The molecule has 8 nitrogen and oxygen atoms in total. The molecule has 27 heavy (non-hydrogen) atoms. The molecule has 0 aliphatic rings. The highest BCUT2D eigenvalue weighted by atomic mass is 32.2. The van der Waals surface area contributed by atoms with Gasteiger partial charge in [-0.3, -0.25) is 9.59 Å². The molecule has 3 rings (SSSR count). The van der Waals surface area contributed by atoms with E-state index in [-0.39, 0.29) is 5.91 Å². The lowest BCUT2D eigenvalue weighted by Crippen LogP contribution is -2.23. The highest BCUT2D eigenvalue weighted by Crippen LogP contribution is 2.22. The average molecular weight is 382 g/mol. The third-order valence-corrected chi connectivity index (χ3v) is 4.83. The van der Waals surface area contributed by atoms with E-state index in [1.54, 1.807) is 35.9 Å². The van der Waals surface area contributed by atoms with Crippen molar-refractivity contribution in [2.45, 2.75) is 23.9 Å². The first-order chi connectivity index (χ1) is 13.0. The van der Waals surface area contributed by atoms with Crippen molar-refractivity contribution in [1.29, 1.82) is 0 Å². The maximum Gasteiger partial charge on any atom is 0.248 e. The number of thioether (sulfide) groups is 1. The van der Waals surface area contributed by atoms with Crippen LogP contribution in [0, 0.1) is 0 Å². The van der Waals surface area contributed by atoms with E-state index in [0.717, 1.165) is 5.56 Å². The number of anilines is 1. The van der Waals surface area contributed by atoms with Crippen LogP contribution in [0.15, 0.2) is 59.8 Å². The molecule has 0 fully saturated rings. The molecule has 0 aliphatic carbocycles. The lowest BCUT2D eigenvalue weighted by molar-refractivity contribution is -0.115. The fraction of sp³-hybridized carbons (Fsp3) is 0.167. The molecule has 2 aromatic carbocycles. The number of nitrogens with two attached hydrogens (primary N) is 1. The van der Waals surface area contributed by atoms with Gasteiger partial charge in [-0.2, -0.15) is 0 Å². The molecule has 1 aromatic heterocycles. The van der Waals surface area contributed by atoms with Crippen molar-refractivity contribution in [3.63, 3.8) is 0 Å². The second-order valence-corrected chi connectivity index (χ2v) is 7.10. The van der Waals surface area contributed by atoms with Crippen molar-refractivity contribution in [3.05, 3.63) is 65.7 Å². The highest BCUT2D eigenvalue weighted by Gasteiger charge is 2.19. The fourth-order valence-electron chi connectivity index (χ4n) is 2.31. The van der Waals surface area contributed by atoms with Gasteiger partial charge >= 0.3 is 0 Å². The lowest BCUT2D eigenvalue weighted by atomic mass is 10.2. The molecule has 0 aliphatic heterocycles. The number of hydrogen-bond acceptors (Lipinski definition) is 6. The standard InChI is InChI=1S/C18H18N6O2S/c1-12(17(26)20-15-9-7-14(8-10-15)16(19)25)27-18-21-22-23-24(18)11-13-5-3-2-4-6-13/h2-10,12H,11H2,1H3,(H2,19,25)(H,20,26).